The minimum absolute atomic E-state index is 0.0444. The van der Waals surface area contributed by atoms with Crippen LogP contribution in [0.5, 0.6) is 0 Å². The predicted molar refractivity (Wildman–Crippen MR) is 166 cm³/mol. The largest absolute Gasteiger partial charge is 0.386 e. The quantitative estimate of drug-likeness (QED) is 0.313. The molecule has 1 atom stereocenters. The lowest BCUT2D eigenvalue weighted by Gasteiger charge is -2.45. The first kappa shape index (κ1) is 29.4. The van der Waals surface area contributed by atoms with Gasteiger partial charge in [-0.15, -0.1) is 5.10 Å². The highest BCUT2D eigenvalue weighted by atomic mass is 32.1. The average molecular weight is 624 g/mol. The van der Waals surface area contributed by atoms with Gasteiger partial charge in [0.15, 0.2) is 10.9 Å². The summed E-state index contributed by atoms with van der Waals surface area (Å²) in [6, 6.07) is 8.43. The number of imidazole rings is 1. The van der Waals surface area contributed by atoms with Crippen LogP contribution in [0.4, 0.5) is 20.5 Å². The Bertz CT molecular complexity index is 1680. The number of thiazole rings is 1. The van der Waals surface area contributed by atoms with Crippen molar-refractivity contribution in [1.82, 2.24) is 29.4 Å². The van der Waals surface area contributed by atoms with Crippen LogP contribution < -0.4 is 9.80 Å². The van der Waals surface area contributed by atoms with Gasteiger partial charge in [-0.3, -0.25) is 9.69 Å². The molecular weight excluding hydrogens is 590 g/mol. The van der Waals surface area contributed by atoms with Gasteiger partial charge < -0.3 is 19.8 Å². The lowest BCUT2D eigenvalue weighted by atomic mass is 9.97. The van der Waals surface area contributed by atoms with Gasteiger partial charge in [0.1, 0.15) is 22.5 Å². The molecule has 0 bridgehead atoms. The van der Waals surface area contributed by atoms with E-state index in [0.717, 1.165) is 47.5 Å². The number of aliphatic hydroxyl groups is 1. The van der Waals surface area contributed by atoms with Crippen LogP contribution in [0.1, 0.15) is 37.3 Å². The number of fused-ring (bicyclic) bond motifs is 1. The zero-order chi connectivity index (χ0) is 30.5. The maximum absolute atomic E-state index is 13.5. The highest BCUT2D eigenvalue weighted by molar-refractivity contribution is 7.20. The second-order valence-corrected chi connectivity index (χ2v) is 13.5. The molecule has 6 rings (SSSR count). The molecule has 0 spiro atoms. The number of piperidine rings is 1. The number of hydrogen-bond donors (Lipinski definition) is 1. The molecule has 11 nitrogen and oxygen atoms in total. The Balaban J connectivity index is 1.22. The second kappa shape index (κ2) is 11.5. The van der Waals surface area contributed by atoms with Crippen LogP contribution in [0.25, 0.3) is 16.2 Å². The summed E-state index contributed by atoms with van der Waals surface area (Å²) >= 11 is 2.81. The van der Waals surface area contributed by atoms with Gasteiger partial charge in [-0.2, -0.15) is 9.78 Å². The fraction of sp³-hybridized carbons (Fsp3) is 0.483. The van der Waals surface area contributed by atoms with E-state index in [1.807, 2.05) is 30.4 Å². The number of nitrogens with zero attached hydrogens (tertiary/aromatic N) is 9. The van der Waals surface area contributed by atoms with Gasteiger partial charge in [0.2, 0.25) is 16.0 Å². The van der Waals surface area contributed by atoms with Gasteiger partial charge in [0, 0.05) is 31.7 Å². The van der Waals surface area contributed by atoms with Crippen LogP contribution >= 0.6 is 22.7 Å². The maximum Gasteiger partial charge on any atom is 0.236 e. The fourth-order valence-corrected chi connectivity index (χ4v) is 7.57. The molecule has 2 aliphatic heterocycles. The molecule has 1 amide bonds. The van der Waals surface area contributed by atoms with Crippen LogP contribution in [0.3, 0.4) is 0 Å². The van der Waals surface area contributed by atoms with Crippen LogP contribution in [-0.4, -0.2) is 98.9 Å². The minimum atomic E-state index is -0.773. The molecule has 0 radical (unpaired) electrons. The fourth-order valence-electron chi connectivity index (χ4n) is 5.78. The van der Waals surface area contributed by atoms with Gasteiger partial charge >= 0.3 is 0 Å². The van der Waals surface area contributed by atoms with Crippen molar-refractivity contribution in [3.05, 3.63) is 40.7 Å². The van der Waals surface area contributed by atoms with Crippen LogP contribution in [0.2, 0.25) is 0 Å². The van der Waals surface area contributed by atoms with E-state index in [2.05, 4.69) is 15.9 Å². The molecule has 226 valence electrons. The lowest BCUT2D eigenvalue weighted by molar-refractivity contribution is -0.153. The van der Waals surface area contributed by atoms with E-state index in [4.69, 9.17) is 15.1 Å². The Morgan fingerprint density at radius 1 is 1.23 bits per heavy atom. The lowest BCUT2D eigenvalue weighted by Crippen LogP contribution is -2.63. The summed E-state index contributed by atoms with van der Waals surface area (Å²) in [5.74, 6) is 0.499. The maximum atomic E-state index is 13.5. The standard InChI is InChI=1S/C29H34FN9O2S2/c1-5-21-25(36(4)26-33-24(22(13-31)42-26)18-8-10-19(30)11-9-18)39-27(32-21)43-28(34-39)37-12-6-7-20(14-37)35(3)15-23(40)38-16-29(2,41)17-38/h8-11,20,41H,5-7,12,14-17H2,1-4H3. The predicted octanol–water partition coefficient (Wildman–Crippen LogP) is 3.75. The number of aromatic nitrogens is 4. The first-order valence-corrected chi connectivity index (χ1v) is 15.9. The molecule has 1 aromatic carbocycles. The van der Waals surface area contributed by atoms with Crippen molar-refractivity contribution in [3.8, 4) is 17.3 Å². The van der Waals surface area contributed by atoms with Gasteiger partial charge in [-0.05, 0) is 57.5 Å². The smallest absolute Gasteiger partial charge is 0.236 e. The number of likely N-dealkylation sites (tertiary alicyclic amines) is 1. The van der Waals surface area contributed by atoms with Crippen molar-refractivity contribution in [2.75, 3.05) is 56.6 Å². The van der Waals surface area contributed by atoms with Crippen molar-refractivity contribution in [3.63, 3.8) is 0 Å². The first-order chi connectivity index (χ1) is 20.6. The first-order valence-electron chi connectivity index (χ1n) is 14.3. The number of halogens is 1. The normalized spacial score (nSPS) is 18.2. The Hall–Kier alpha value is -3.64. The molecule has 4 aromatic rings. The zero-order valence-electron chi connectivity index (χ0n) is 24.6. The van der Waals surface area contributed by atoms with Gasteiger partial charge in [-0.1, -0.05) is 29.6 Å². The SMILES string of the molecule is CCc1nc2sc(N3CCCC(N(C)CC(=O)N4CC(C)(O)C4)C3)nn2c1N(C)c1nc(-c2ccc(F)cc2)c(C#N)s1. The van der Waals surface area contributed by atoms with Crippen molar-refractivity contribution < 1.29 is 14.3 Å². The van der Waals surface area contributed by atoms with Crippen molar-refractivity contribution in [1.29, 1.82) is 5.26 Å². The molecule has 43 heavy (non-hydrogen) atoms. The Morgan fingerprint density at radius 2 is 1.98 bits per heavy atom. The third-order valence-electron chi connectivity index (χ3n) is 8.10. The number of nitriles is 1. The summed E-state index contributed by atoms with van der Waals surface area (Å²) < 4.78 is 15.4. The Morgan fingerprint density at radius 3 is 2.65 bits per heavy atom. The molecular formula is C29H34FN9O2S2. The summed E-state index contributed by atoms with van der Waals surface area (Å²) in [6.07, 6.45) is 2.68. The third-order valence-corrected chi connectivity index (χ3v) is 10.1. The molecule has 0 saturated carbocycles. The minimum Gasteiger partial charge on any atom is -0.386 e. The van der Waals surface area contributed by atoms with E-state index in [0.29, 0.717) is 47.3 Å². The monoisotopic (exact) mass is 623 g/mol. The summed E-state index contributed by atoms with van der Waals surface area (Å²) in [5.41, 5.74) is 1.31. The molecule has 5 heterocycles. The summed E-state index contributed by atoms with van der Waals surface area (Å²) in [6.45, 7) is 6.52. The van der Waals surface area contributed by atoms with Gasteiger partial charge in [0.05, 0.1) is 30.9 Å². The number of anilines is 3. The van der Waals surface area contributed by atoms with Crippen LogP contribution in [0, 0.1) is 17.1 Å². The highest BCUT2D eigenvalue weighted by Crippen LogP contribution is 2.38. The summed E-state index contributed by atoms with van der Waals surface area (Å²) in [5, 5.41) is 26.3. The third kappa shape index (κ3) is 5.70. The number of likely N-dealkylation sites (N-methyl/N-ethyl adjacent to an activating group) is 1. The zero-order valence-corrected chi connectivity index (χ0v) is 26.3. The molecule has 2 aliphatic rings. The van der Waals surface area contributed by atoms with E-state index < -0.39 is 5.60 Å². The number of hydrogen-bond acceptors (Lipinski definition) is 11. The molecule has 0 aliphatic carbocycles. The molecule has 1 N–H and O–H groups in total. The van der Waals surface area contributed by atoms with E-state index in [1.54, 1.807) is 24.0 Å². The van der Waals surface area contributed by atoms with Gasteiger partial charge in [-0.25, -0.2) is 14.4 Å². The average Bonchev–Trinajstić information content (AvgIpc) is 3.68. The van der Waals surface area contributed by atoms with Crippen LogP contribution in [0.15, 0.2) is 24.3 Å². The number of aryl methyl sites for hydroxylation is 1. The van der Waals surface area contributed by atoms with E-state index in [-0.39, 0.29) is 17.8 Å². The molecule has 14 heteroatoms. The second-order valence-electron chi connectivity index (χ2n) is 11.6. The Kier molecular flexibility index (Phi) is 7.84. The van der Waals surface area contributed by atoms with Crippen molar-refractivity contribution >= 4 is 49.6 Å². The molecule has 3 aromatic heterocycles. The van der Waals surface area contributed by atoms with E-state index in [1.165, 1.54) is 34.8 Å². The van der Waals surface area contributed by atoms with Crippen molar-refractivity contribution in [2.24, 2.45) is 0 Å². The summed E-state index contributed by atoms with van der Waals surface area (Å²) in [4.78, 5) is 31.6. The van der Waals surface area contributed by atoms with E-state index >= 15 is 0 Å². The molecule has 1 unspecified atom stereocenters. The number of amides is 1. The number of carbonyl (C=O) groups is 1. The topological polar surface area (TPSA) is 117 Å². The molecule has 2 saturated heterocycles. The number of rotatable bonds is 8. The number of benzene rings is 1. The van der Waals surface area contributed by atoms with Gasteiger partial charge in [0.25, 0.3) is 0 Å². The van der Waals surface area contributed by atoms with Crippen molar-refractivity contribution in [2.45, 2.75) is 44.8 Å². The highest BCUT2D eigenvalue weighted by Gasteiger charge is 2.40. The summed E-state index contributed by atoms with van der Waals surface area (Å²) in [7, 11) is 3.89. The Labute approximate surface area is 257 Å². The van der Waals surface area contributed by atoms with Crippen LogP contribution in [-0.2, 0) is 11.2 Å². The number of β-amino-alcohol motifs (C(OH)–C–C–N with tert-alkyl or cyclic N) is 1. The van der Waals surface area contributed by atoms with E-state index in [9.17, 15) is 19.6 Å². The molecule has 2 fully saturated rings. The number of carbonyl (C=O) groups excluding carboxylic acids is 1.